The summed E-state index contributed by atoms with van der Waals surface area (Å²) in [6.45, 7) is 5.74. The number of hydrogen-bond donors (Lipinski definition) is 1. The maximum Gasteiger partial charge on any atom is 0.317 e. The number of ether oxygens (including phenoxy) is 2. The summed E-state index contributed by atoms with van der Waals surface area (Å²) in [5, 5.41) is 3.00. The summed E-state index contributed by atoms with van der Waals surface area (Å²) in [6.07, 6.45) is 1.86. The Labute approximate surface area is 151 Å². The molecule has 1 N–H and O–H groups in total. The molecule has 0 aromatic heterocycles. The van der Waals surface area contributed by atoms with Gasteiger partial charge in [0.2, 0.25) is 0 Å². The molecule has 1 aliphatic heterocycles. The van der Waals surface area contributed by atoms with Crippen LogP contribution in [0.15, 0.2) is 18.2 Å². The number of benzene rings is 1. The topological polar surface area (TPSA) is 54.0 Å². The largest absolute Gasteiger partial charge is 0.497 e. The van der Waals surface area contributed by atoms with Crippen LogP contribution in [0.25, 0.3) is 0 Å². The van der Waals surface area contributed by atoms with Crippen LogP contribution in [0.3, 0.4) is 0 Å². The summed E-state index contributed by atoms with van der Waals surface area (Å²) >= 11 is 0. The first kappa shape index (κ1) is 19.4. The van der Waals surface area contributed by atoms with Gasteiger partial charge in [-0.05, 0) is 49.5 Å². The minimum absolute atomic E-state index is 0.0226. The molecule has 0 spiro atoms. The van der Waals surface area contributed by atoms with Crippen LogP contribution in [-0.4, -0.2) is 70.3 Å². The van der Waals surface area contributed by atoms with Crippen molar-refractivity contribution in [2.45, 2.75) is 19.8 Å². The van der Waals surface area contributed by atoms with Gasteiger partial charge in [0.15, 0.2) is 0 Å². The molecule has 6 heteroatoms. The Kier molecular flexibility index (Phi) is 6.53. The normalized spacial score (nSPS) is 20.4. The molecular weight excluding hydrogens is 318 g/mol. The lowest BCUT2D eigenvalue weighted by Crippen LogP contribution is -2.44. The Morgan fingerprint density at radius 2 is 1.92 bits per heavy atom. The van der Waals surface area contributed by atoms with Crippen molar-refractivity contribution in [1.82, 2.24) is 15.1 Å². The van der Waals surface area contributed by atoms with E-state index in [1.165, 1.54) is 0 Å². The maximum absolute atomic E-state index is 12.3. The van der Waals surface area contributed by atoms with Crippen LogP contribution < -0.4 is 14.8 Å². The van der Waals surface area contributed by atoms with Crippen LogP contribution in [0.1, 0.15) is 18.9 Å². The highest BCUT2D eigenvalue weighted by atomic mass is 16.5. The minimum atomic E-state index is -0.0226. The van der Waals surface area contributed by atoms with E-state index in [1.807, 2.05) is 25.2 Å². The standard InChI is InChI=1S/C19H31N3O3/c1-19(7-9-21(2)13-19)14-22(3)18(23)20-8-6-15-10-16(24-4)12-17(11-15)25-5/h10-12H,6-9,13-14H2,1-5H3,(H,20,23). The summed E-state index contributed by atoms with van der Waals surface area (Å²) in [5.74, 6) is 1.52. The van der Waals surface area contributed by atoms with Crippen molar-refractivity contribution in [1.29, 1.82) is 0 Å². The molecule has 2 rings (SSSR count). The van der Waals surface area contributed by atoms with Gasteiger partial charge < -0.3 is 24.6 Å². The number of carbonyl (C=O) groups excluding carboxylic acids is 1. The molecule has 2 amide bonds. The Balaban J connectivity index is 1.82. The molecule has 1 heterocycles. The minimum Gasteiger partial charge on any atom is -0.497 e. The summed E-state index contributed by atoms with van der Waals surface area (Å²) in [7, 11) is 7.27. The van der Waals surface area contributed by atoms with Crippen molar-refractivity contribution in [3.05, 3.63) is 23.8 Å². The Morgan fingerprint density at radius 1 is 1.28 bits per heavy atom. The van der Waals surface area contributed by atoms with Gasteiger partial charge in [0.05, 0.1) is 14.2 Å². The molecule has 0 saturated carbocycles. The molecule has 1 aromatic rings. The number of carbonyl (C=O) groups is 1. The molecule has 140 valence electrons. The second-order valence-corrected chi connectivity index (χ2v) is 7.36. The second-order valence-electron chi connectivity index (χ2n) is 7.36. The number of rotatable bonds is 7. The number of amides is 2. The van der Waals surface area contributed by atoms with Gasteiger partial charge in [-0.1, -0.05) is 6.92 Å². The third kappa shape index (κ3) is 5.53. The second kappa shape index (κ2) is 8.43. The summed E-state index contributed by atoms with van der Waals surface area (Å²) in [6, 6.07) is 5.75. The highest BCUT2D eigenvalue weighted by Gasteiger charge is 2.33. The van der Waals surface area contributed by atoms with Crippen molar-refractivity contribution >= 4 is 6.03 Å². The predicted octanol–water partition coefficient (Wildman–Crippen LogP) is 2.23. The van der Waals surface area contributed by atoms with Gasteiger partial charge in [0.25, 0.3) is 0 Å². The van der Waals surface area contributed by atoms with E-state index in [2.05, 4.69) is 24.2 Å². The van der Waals surface area contributed by atoms with Gasteiger partial charge in [-0.25, -0.2) is 4.79 Å². The number of methoxy groups -OCH3 is 2. The predicted molar refractivity (Wildman–Crippen MR) is 99.5 cm³/mol. The number of nitrogens with zero attached hydrogens (tertiary/aromatic N) is 2. The highest BCUT2D eigenvalue weighted by Crippen LogP contribution is 2.29. The third-order valence-corrected chi connectivity index (χ3v) is 4.82. The highest BCUT2D eigenvalue weighted by molar-refractivity contribution is 5.73. The van der Waals surface area contributed by atoms with Crippen LogP contribution in [0.2, 0.25) is 0 Å². The average Bonchev–Trinajstić information content (AvgIpc) is 2.92. The van der Waals surface area contributed by atoms with Gasteiger partial charge in [-0.2, -0.15) is 0 Å². The zero-order valence-electron chi connectivity index (χ0n) is 16.1. The smallest absolute Gasteiger partial charge is 0.317 e. The molecular formula is C19H31N3O3. The Bertz CT molecular complexity index is 571. The molecule has 25 heavy (non-hydrogen) atoms. The maximum atomic E-state index is 12.3. The molecule has 1 atom stereocenters. The van der Waals surface area contributed by atoms with E-state index < -0.39 is 0 Å². The quantitative estimate of drug-likeness (QED) is 0.820. The van der Waals surface area contributed by atoms with Crippen molar-refractivity contribution in [2.75, 3.05) is 54.5 Å². The van der Waals surface area contributed by atoms with E-state index in [4.69, 9.17) is 9.47 Å². The Morgan fingerprint density at radius 3 is 2.44 bits per heavy atom. The molecule has 1 saturated heterocycles. The SMILES string of the molecule is COc1cc(CCNC(=O)N(C)CC2(C)CCN(C)C2)cc(OC)c1. The van der Waals surface area contributed by atoms with Crippen LogP contribution in [0.5, 0.6) is 11.5 Å². The Hall–Kier alpha value is -1.95. The lowest BCUT2D eigenvalue weighted by molar-refractivity contribution is 0.177. The monoisotopic (exact) mass is 349 g/mol. The number of likely N-dealkylation sites (tertiary alicyclic amines) is 1. The van der Waals surface area contributed by atoms with E-state index in [0.29, 0.717) is 6.54 Å². The molecule has 1 aliphatic rings. The molecule has 1 fully saturated rings. The van der Waals surface area contributed by atoms with Crippen LogP contribution in [-0.2, 0) is 6.42 Å². The van der Waals surface area contributed by atoms with Crippen LogP contribution >= 0.6 is 0 Å². The third-order valence-electron chi connectivity index (χ3n) is 4.82. The molecule has 0 radical (unpaired) electrons. The first-order chi connectivity index (χ1) is 11.8. The first-order valence-electron chi connectivity index (χ1n) is 8.75. The summed E-state index contributed by atoms with van der Waals surface area (Å²) in [4.78, 5) is 16.5. The van der Waals surface area contributed by atoms with E-state index in [0.717, 1.165) is 49.5 Å². The fourth-order valence-corrected chi connectivity index (χ4v) is 3.50. The fraction of sp³-hybridized carbons (Fsp3) is 0.632. The van der Waals surface area contributed by atoms with E-state index in [9.17, 15) is 4.79 Å². The van der Waals surface area contributed by atoms with Crippen molar-refractivity contribution < 1.29 is 14.3 Å². The zero-order valence-corrected chi connectivity index (χ0v) is 16.1. The molecule has 6 nitrogen and oxygen atoms in total. The van der Waals surface area contributed by atoms with E-state index in [-0.39, 0.29) is 11.4 Å². The molecule has 1 unspecified atom stereocenters. The number of hydrogen-bond acceptors (Lipinski definition) is 4. The first-order valence-corrected chi connectivity index (χ1v) is 8.75. The summed E-state index contributed by atoms with van der Waals surface area (Å²) < 4.78 is 10.6. The molecule has 0 bridgehead atoms. The van der Waals surface area contributed by atoms with Crippen molar-refractivity contribution in [3.63, 3.8) is 0 Å². The fourth-order valence-electron chi connectivity index (χ4n) is 3.50. The number of nitrogens with one attached hydrogen (secondary N) is 1. The van der Waals surface area contributed by atoms with Gasteiger partial charge in [0.1, 0.15) is 11.5 Å². The van der Waals surface area contributed by atoms with E-state index in [1.54, 1.807) is 19.1 Å². The van der Waals surface area contributed by atoms with Crippen molar-refractivity contribution in [2.24, 2.45) is 5.41 Å². The number of urea groups is 1. The van der Waals surface area contributed by atoms with Crippen LogP contribution in [0.4, 0.5) is 4.79 Å². The van der Waals surface area contributed by atoms with Gasteiger partial charge in [0, 0.05) is 32.7 Å². The average molecular weight is 349 g/mol. The van der Waals surface area contributed by atoms with Crippen molar-refractivity contribution in [3.8, 4) is 11.5 Å². The van der Waals surface area contributed by atoms with E-state index >= 15 is 0 Å². The molecule has 1 aromatic carbocycles. The lowest BCUT2D eigenvalue weighted by Gasteiger charge is -2.30. The summed E-state index contributed by atoms with van der Waals surface area (Å²) in [5.41, 5.74) is 1.25. The zero-order chi connectivity index (χ0) is 18.4. The lowest BCUT2D eigenvalue weighted by atomic mass is 9.89. The van der Waals surface area contributed by atoms with Crippen LogP contribution in [0, 0.1) is 5.41 Å². The van der Waals surface area contributed by atoms with Gasteiger partial charge >= 0.3 is 6.03 Å². The van der Waals surface area contributed by atoms with Gasteiger partial charge in [-0.15, -0.1) is 0 Å². The molecule has 0 aliphatic carbocycles. The van der Waals surface area contributed by atoms with Gasteiger partial charge in [-0.3, -0.25) is 0 Å².